The monoisotopic (exact) mass is 814 g/mol. The Hall–Kier alpha value is -4.95. The predicted molar refractivity (Wildman–Crippen MR) is 186 cm³/mol. The maximum Gasteiger partial charge on any atom is 0.435 e. The van der Waals surface area contributed by atoms with Crippen molar-refractivity contribution < 1.29 is 49.1 Å². The summed E-state index contributed by atoms with van der Waals surface area (Å²) >= 11 is 6.54. The summed E-state index contributed by atoms with van der Waals surface area (Å²) in [5.74, 6) is -9.02. The molecule has 12 nitrogen and oxygen atoms in total. The van der Waals surface area contributed by atoms with E-state index in [0.717, 1.165) is 18.4 Å². The molecule has 1 saturated carbocycles. The molecule has 3 heterocycles. The van der Waals surface area contributed by atoms with Gasteiger partial charge in [0.25, 0.3) is 5.92 Å². The average molecular weight is 815 g/mol. The molecular formula is C34H30ClF7N8O4S. The fourth-order valence-corrected chi connectivity index (χ4v) is 7.98. The van der Waals surface area contributed by atoms with Gasteiger partial charge in [0.05, 0.1) is 40.5 Å². The molecule has 21 heteroatoms. The maximum absolute atomic E-state index is 15.3. The molecule has 4 N–H and O–H groups in total. The van der Waals surface area contributed by atoms with Crippen molar-refractivity contribution in [1.29, 1.82) is 0 Å². The molecule has 0 spiro atoms. The number of aromatic nitrogens is 5. The Bertz CT molecular complexity index is 2450. The van der Waals surface area contributed by atoms with Crippen LogP contribution in [-0.2, 0) is 46.9 Å². The molecular weight excluding hydrogens is 785 g/mol. The third-order valence-electron chi connectivity index (χ3n) is 9.37. The van der Waals surface area contributed by atoms with Crippen molar-refractivity contribution in [3.05, 3.63) is 87.3 Å². The minimum absolute atomic E-state index is 0.0108. The van der Waals surface area contributed by atoms with Crippen molar-refractivity contribution in [3.63, 3.8) is 0 Å². The Labute approximate surface area is 312 Å². The van der Waals surface area contributed by atoms with Gasteiger partial charge in [-0.25, -0.2) is 22.2 Å². The number of alkyl halides is 5. The number of pyridine rings is 1. The molecule has 2 aromatic carbocycles. The van der Waals surface area contributed by atoms with E-state index in [-0.39, 0.29) is 70.4 Å². The number of aliphatic hydroxyl groups excluding tert-OH is 1. The van der Waals surface area contributed by atoms with Crippen LogP contribution in [0.2, 0.25) is 5.02 Å². The second-order valence-electron chi connectivity index (χ2n) is 13.4. The first kappa shape index (κ1) is 38.3. The van der Waals surface area contributed by atoms with Crippen molar-refractivity contribution in [2.24, 2.45) is 13.0 Å². The third kappa shape index (κ3) is 7.29. The molecule has 2 aliphatic rings. The topological polar surface area (TPSA) is 156 Å². The SMILES string of the molecule is Cn1nc(NS(C)(=O)=O)c2c(Cl)ccc(-c3ccc(NCCO)nc3[C@H](Cc3cc(F)cc(F)c3)NC(=O)Cn3nc(C(F)(F)F)c4c3C(F)(F)[C@@H]3C[C@H]43)c21. The molecule has 3 atom stereocenters. The lowest BCUT2D eigenvalue weighted by atomic mass is 9.94. The van der Waals surface area contributed by atoms with Crippen LogP contribution in [0, 0.1) is 17.6 Å². The highest BCUT2D eigenvalue weighted by Crippen LogP contribution is 2.68. The Morgan fingerprint density at radius 1 is 1.09 bits per heavy atom. The number of carbonyl (C=O) groups is 1. The molecule has 0 unspecified atom stereocenters. The van der Waals surface area contributed by atoms with Crippen LogP contribution >= 0.6 is 11.6 Å². The second kappa shape index (κ2) is 13.7. The summed E-state index contributed by atoms with van der Waals surface area (Å²) in [7, 11) is -2.33. The minimum Gasteiger partial charge on any atom is -0.395 e. The van der Waals surface area contributed by atoms with Crippen LogP contribution in [0.5, 0.6) is 0 Å². The largest absolute Gasteiger partial charge is 0.435 e. The molecule has 0 radical (unpaired) electrons. The van der Waals surface area contributed by atoms with Crippen molar-refractivity contribution in [2.75, 3.05) is 29.4 Å². The van der Waals surface area contributed by atoms with Gasteiger partial charge in [0.2, 0.25) is 15.9 Å². The van der Waals surface area contributed by atoms with Crippen molar-refractivity contribution >= 4 is 50.1 Å². The zero-order chi connectivity index (χ0) is 39.8. The number of sulfonamides is 1. The highest BCUT2D eigenvalue weighted by atomic mass is 35.5. The molecule has 7 rings (SSSR count). The maximum atomic E-state index is 15.3. The Kier molecular flexibility index (Phi) is 9.52. The number of amides is 1. The van der Waals surface area contributed by atoms with E-state index in [1.54, 1.807) is 12.1 Å². The van der Waals surface area contributed by atoms with E-state index < -0.39 is 81.0 Å². The summed E-state index contributed by atoms with van der Waals surface area (Å²) in [6.07, 6.45) is -4.68. The number of nitrogens with one attached hydrogen (secondary N) is 3. The van der Waals surface area contributed by atoms with Crippen molar-refractivity contribution in [1.82, 2.24) is 29.9 Å². The Morgan fingerprint density at radius 2 is 1.78 bits per heavy atom. The van der Waals surface area contributed by atoms with Gasteiger partial charge in [-0.15, -0.1) is 0 Å². The summed E-state index contributed by atoms with van der Waals surface area (Å²) < 4.78 is 130. The van der Waals surface area contributed by atoms with Crippen LogP contribution in [-0.4, -0.2) is 63.4 Å². The molecule has 0 bridgehead atoms. The van der Waals surface area contributed by atoms with E-state index in [0.29, 0.717) is 16.3 Å². The summed E-state index contributed by atoms with van der Waals surface area (Å²) in [5.41, 5.74) is -2.24. The highest BCUT2D eigenvalue weighted by molar-refractivity contribution is 7.92. The lowest BCUT2D eigenvalue weighted by Crippen LogP contribution is -2.35. The first-order valence-electron chi connectivity index (χ1n) is 16.6. The van der Waals surface area contributed by atoms with E-state index in [9.17, 15) is 40.3 Å². The quantitative estimate of drug-likeness (QED) is 0.114. The number of halogens is 8. The smallest absolute Gasteiger partial charge is 0.395 e. The number of hydrogen-bond donors (Lipinski definition) is 4. The van der Waals surface area contributed by atoms with Gasteiger partial charge in [-0.3, -0.25) is 18.9 Å². The Morgan fingerprint density at radius 3 is 2.44 bits per heavy atom. The number of hydrogen-bond acceptors (Lipinski definition) is 8. The van der Waals surface area contributed by atoms with Gasteiger partial charge in [0.15, 0.2) is 11.5 Å². The van der Waals surface area contributed by atoms with Crippen LogP contribution in [0.4, 0.5) is 42.4 Å². The number of nitrogens with zero attached hydrogens (tertiary/aromatic N) is 5. The van der Waals surface area contributed by atoms with Gasteiger partial charge < -0.3 is 15.7 Å². The average Bonchev–Trinajstić information content (AvgIpc) is 3.61. The fraction of sp³-hybridized carbons (Fsp3) is 0.353. The minimum atomic E-state index is -5.07. The first-order chi connectivity index (χ1) is 25.8. The molecule has 5 aromatic rings. The summed E-state index contributed by atoms with van der Waals surface area (Å²) in [6, 6.07) is 7.32. The fourth-order valence-electron chi connectivity index (χ4n) is 7.24. The molecule has 3 aromatic heterocycles. The molecule has 55 heavy (non-hydrogen) atoms. The van der Waals surface area contributed by atoms with Gasteiger partial charge in [0.1, 0.15) is 29.7 Å². The number of rotatable bonds is 12. The van der Waals surface area contributed by atoms with Gasteiger partial charge in [0, 0.05) is 42.3 Å². The highest BCUT2D eigenvalue weighted by Gasteiger charge is 2.68. The number of carbonyl (C=O) groups excluding carboxylic acids is 1. The zero-order valence-electron chi connectivity index (χ0n) is 28.6. The third-order valence-corrected chi connectivity index (χ3v) is 10.3. The zero-order valence-corrected chi connectivity index (χ0v) is 30.2. The van der Waals surface area contributed by atoms with E-state index >= 15 is 8.78 Å². The summed E-state index contributed by atoms with van der Waals surface area (Å²) in [5, 5.41) is 22.9. The number of anilines is 2. The lowest BCUT2D eigenvalue weighted by Gasteiger charge is -2.23. The van der Waals surface area contributed by atoms with Gasteiger partial charge >= 0.3 is 6.18 Å². The number of aryl methyl sites for hydroxylation is 1. The molecule has 0 saturated heterocycles. The summed E-state index contributed by atoms with van der Waals surface area (Å²) in [4.78, 5) is 18.5. The van der Waals surface area contributed by atoms with Crippen LogP contribution in [0.15, 0.2) is 42.5 Å². The summed E-state index contributed by atoms with van der Waals surface area (Å²) in [6.45, 7) is -1.37. The standard InChI is InChI=1S/C34H30ClF7N8O4S/c1-49-29-19(3-5-22(35)27(29)32(47-49)48-55(2,53)54)18-4-6-24(43-7-8-51)45-28(18)23(11-15-9-16(36)12-17(37)10-15)44-25(52)14-50-31-26(30(46-50)34(40,41)42)20-13-21(20)33(31,38)39/h3-6,9-10,12,20-21,23,51H,7-8,11,13-14H2,1-2H3,(H,43,45)(H,44,52)(H,47,48)/t20-,21+,23-/m0/s1. The van der Waals surface area contributed by atoms with Crippen LogP contribution < -0.4 is 15.4 Å². The van der Waals surface area contributed by atoms with Crippen LogP contribution in [0.25, 0.3) is 22.0 Å². The molecule has 0 aliphatic heterocycles. The molecule has 292 valence electrons. The van der Waals surface area contributed by atoms with Gasteiger partial charge in [-0.2, -0.15) is 32.1 Å². The number of fused-ring (bicyclic) bond motifs is 4. The molecule has 1 amide bonds. The molecule has 2 aliphatic carbocycles. The number of benzene rings is 2. The van der Waals surface area contributed by atoms with Gasteiger partial charge in [-0.1, -0.05) is 17.7 Å². The Balaban J connectivity index is 1.36. The van der Waals surface area contributed by atoms with Crippen molar-refractivity contribution in [3.8, 4) is 11.1 Å². The first-order valence-corrected chi connectivity index (χ1v) is 18.8. The van der Waals surface area contributed by atoms with Crippen LogP contribution in [0.1, 0.15) is 46.6 Å². The molecule has 1 fully saturated rings. The predicted octanol–water partition coefficient (Wildman–Crippen LogP) is 5.87. The van der Waals surface area contributed by atoms with Crippen LogP contribution in [0.3, 0.4) is 0 Å². The van der Waals surface area contributed by atoms with E-state index in [4.69, 9.17) is 11.6 Å². The van der Waals surface area contributed by atoms with Gasteiger partial charge in [-0.05, 0) is 54.7 Å². The second-order valence-corrected chi connectivity index (χ2v) is 15.5. The number of aliphatic hydroxyl groups is 1. The van der Waals surface area contributed by atoms with Crippen molar-refractivity contribution in [2.45, 2.75) is 43.4 Å². The van der Waals surface area contributed by atoms with E-state index in [1.807, 2.05) is 0 Å². The van der Waals surface area contributed by atoms with E-state index in [1.165, 1.54) is 23.9 Å². The normalized spacial score (nSPS) is 17.9. The van der Waals surface area contributed by atoms with E-state index in [2.05, 4.69) is 30.5 Å². The lowest BCUT2D eigenvalue weighted by molar-refractivity contribution is -0.142.